The lowest BCUT2D eigenvalue weighted by Gasteiger charge is -2.43. The van der Waals surface area contributed by atoms with Gasteiger partial charge in [-0.2, -0.15) is 0 Å². The zero-order chi connectivity index (χ0) is 19.9. The fraction of sp³-hybridized carbons (Fsp3) is 0.409. The van der Waals surface area contributed by atoms with Crippen LogP contribution in [0.2, 0.25) is 5.04 Å². The van der Waals surface area contributed by atoms with Crippen molar-refractivity contribution in [2.45, 2.75) is 44.7 Å². The maximum Gasteiger partial charge on any atom is 0.261 e. The van der Waals surface area contributed by atoms with Crippen LogP contribution in [0, 0.1) is 0 Å². The van der Waals surface area contributed by atoms with Crippen molar-refractivity contribution in [1.82, 2.24) is 5.32 Å². The number of halogens is 1. The van der Waals surface area contributed by atoms with E-state index in [4.69, 9.17) is 10.2 Å². The van der Waals surface area contributed by atoms with Crippen molar-refractivity contribution in [3.05, 3.63) is 60.7 Å². The summed E-state index contributed by atoms with van der Waals surface area (Å²) >= 11 is 0. The molecule has 28 heavy (non-hydrogen) atoms. The van der Waals surface area contributed by atoms with Gasteiger partial charge in [0.25, 0.3) is 8.32 Å². The Kier molecular flexibility index (Phi) is 9.37. The van der Waals surface area contributed by atoms with Crippen LogP contribution in [0.3, 0.4) is 0 Å². The maximum atomic E-state index is 11.5. The highest BCUT2D eigenvalue weighted by molar-refractivity contribution is 6.99. The molecule has 6 heteroatoms. The third kappa shape index (κ3) is 5.67. The monoisotopic (exact) mass is 420 g/mol. The van der Waals surface area contributed by atoms with Crippen LogP contribution in [0.25, 0.3) is 0 Å². The number of hydrogen-bond donors (Lipinski definition) is 2. The summed E-state index contributed by atoms with van der Waals surface area (Å²) in [5.41, 5.74) is 6.30. The summed E-state index contributed by atoms with van der Waals surface area (Å²) in [4.78, 5) is 11.5. The lowest BCUT2D eigenvalue weighted by molar-refractivity contribution is -0.120. The molecule has 0 saturated heterocycles. The minimum absolute atomic E-state index is 0. The minimum Gasteiger partial charge on any atom is -0.406 e. The Bertz CT molecular complexity index is 681. The molecule has 4 nitrogen and oxygen atoms in total. The van der Waals surface area contributed by atoms with E-state index in [1.807, 2.05) is 12.1 Å². The molecule has 0 spiro atoms. The summed E-state index contributed by atoms with van der Waals surface area (Å²) in [6, 6.07) is 20.8. The SMILES string of the molecule is CNC(=O)CCC(N)CO[Si](c1ccccc1)(c1ccccc1)C(C)(C)C.Cl. The Labute approximate surface area is 176 Å². The van der Waals surface area contributed by atoms with E-state index in [1.165, 1.54) is 10.4 Å². The molecule has 0 aliphatic carbocycles. The third-order valence-electron chi connectivity index (χ3n) is 4.95. The van der Waals surface area contributed by atoms with Gasteiger partial charge in [-0.15, -0.1) is 12.4 Å². The van der Waals surface area contributed by atoms with E-state index in [-0.39, 0.29) is 29.4 Å². The van der Waals surface area contributed by atoms with Crippen LogP contribution in [0.5, 0.6) is 0 Å². The van der Waals surface area contributed by atoms with Crippen LogP contribution in [-0.2, 0) is 9.22 Å². The van der Waals surface area contributed by atoms with Gasteiger partial charge in [-0.25, -0.2) is 0 Å². The summed E-state index contributed by atoms with van der Waals surface area (Å²) in [5.74, 6) is 0.0101. The Morgan fingerprint density at radius 3 is 1.89 bits per heavy atom. The molecule has 1 atom stereocenters. The quantitative estimate of drug-likeness (QED) is 0.645. The molecule has 0 heterocycles. The lowest BCUT2D eigenvalue weighted by Crippen LogP contribution is -2.67. The van der Waals surface area contributed by atoms with E-state index in [0.29, 0.717) is 19.4 Å². The van der Waals surface area contributed by atoms with E-state index in [0.717, 1.165) is 0 Å². The predicted molar refractivity (Wildman–Crippen MR) is 122 cm³/mol. The van der Waals surface area contributed by atoms with Crippen LogP contribution in [0.15, 0.2) is 60.7 Å². The Morgan fingerprint density at radius 2 is 1.50 bits per heavy atom. The second kappa shape index (κ2) is 10.8. The Morgan fingerprint density at radius 1 is 1.04 bits per heavy atom. The summed E-state index contributed by atoms with van der Waals surface area (Å²) in [6.07, 6.45) is 1.03. The number of nitrogens with one attached hydrogen (secondary N) is 1. The number of carbonyl (C=O) groups excluding carboxylic acids is 1. The fourth-order valence-corrected chi connectivity index (χ4v) is 8.14. The number of benzene rings is 2. The fourth-order valence-electron chi connectivity index (χ4n) is 3.52. The molecule has 0 aliphatic heterocycles. The molecule has 3 N–H and O–H groups in total. The third-order valence-corrected chi connectivity index (χ3v) is 9.96. The predicted octanol–water partition coefficient (Wildman–Crippen LogP) is 2.84. The van der Waals surface area contributed by atoms with Crippen LogP contribution in [0.4, 0.5) is 0 Å². The molecule has 2 aromatic rings. The smallest absolute Gasteiger partial charge is 0.261 e. The minimum atomic E-state index is -2.56. The Hall–Kier alpha value is -1.66. The zero-order valence-corrected chi connectivity index (χ0v) is 19.1. The van der Waals surface area contributed by atoms with Crippen molar-refractivity contribution in [1.29, 1.82) is 0 Å². The molecule has 0 bridgehead atoms. The van der Waals surface area contributed by atoms with Gasteiger partial charge >= 0.3 is 0 Å². The van der Waals surface area contributed by atoms with Gasteiger partial charge in [-0.1, -0.05) is 81.4 Å². The number of amides is 1. The number of hydrogen-bond acceptors (Lipinski definition) is 3. The molecule has 0 radical (unpaired) electrons. The average molecular weight is 421 g/mol. The molecular weight excluding hydrogens is 388 g/mol. The van der Waals surface area contributed by atoms with E-state index < -0.39 is 8.32 Å². The van der Waals surface area contributed by atoms with Crippen LogP contribution in [0.1, 0.15) is 33.6 Å². The summed E-state index contributed by atoms with van der Waals surface area (Å²) in [6.45, 7) is 7.17. The largest absolute Gasteiger partial charge is 0.406 e. The molecule has 0 saturated carbocycles. The van der Waals surface area contributed by atoms with Gasteiger partial charge < -0.3 is 15.5 Å². The van der Waals surface area contributed by atoms with Crippen molar-refractivity contribution in [2.75, 3.05) is 13.7 Å². The zero-order valence-electron chi connectivity index (χ0n) is 17.3. The summed E-state index contributed by atoms with van der Waals surface area (Å²) < 4.78 is 6.78. The molecule has 1 amide bonds. The number of carbonyl (C=O) groups is 1. The van der Waals surface area contributed by atoms with Crippen molar-refractivity contribution in [2.24, 2.45) is 5.73 Å². The lowest BCUT2D eigenvalue weighted by atomic mass is 10.2. The van der Waals surface area contributed by atoms with E-state index >= 15 is 0 Å². The molecule has 0 aliphatic rings. The van der Waals surface area contributed by atoms with Gasteiger partial charge in [-0.05, 0) is 21.8 Å². The number of nitrogens with two attached hydrogens (primary N) is 1. The van der Waals surface area contributed by atoms with Crippen molar-refractivity contribution in [3.63, 3.8) is 0 Å². The summed E-state index contributed by atoms with van der Waals surface area (Å²) in [7, 11) is -0.912. The standard InChI is InChI=1S/C22H32N2O2Si.ClH/c1-22(2,3)27(19-11-7-5-8-12-19,20-13-9-6-10-14-20)26-17-18(23)15-16-21(25)24-4;/h5-14,18H,15-17,23H2,1-4H3,(H,24,25);1H. The average Bonchev–Trinajstić information content (AvgIpc) is 2.67. The molecule has 2 rings (SSSR count). The topological polar surface area (TPSA) is 64.4 Å². The van der Waals surface area contributed by atoms with Gasteiger partial charge in [0.05, 0.1) is 0 Å². The molecule has 0 aromatic heterocycles. The highest BCUT2D eigenvalue weighted by Gasteiger charge is 2.50. The molecule has 2 aromatic carbocycles. The van der Waals surface area contributed by atoms with Crippen molar-refractivity contribution < 1.29 is 9.22 Å². The van der Waals surface area contributed by atoms with Gasteiger partial charge in [0, 0.05) is 26.1 Å². The first-order valence-electron chi connectivity index (χ1n) is 9.52. The van der Waals surface area contributed by atoms with Gasteiger partial charge in [0.15, 0.2) is 0 Å². The van der Waals surface area contributed by atoms with E-state index in [9.17, 15) is 4.79 Å². The second-order valence-electron chi connectivity index (χ2n) is 7.95. The number of rotatable bonds is 8. The van der Waals surface area contributed by atoms with Gasteiger partial charge in [0.2, 0.25) is 5.91 Å². The Balaban J connectivity index is 0.00000392. The van der Waals surface area contributed by atoms with Crippen LogP contribution >= 0.6 is 12.4 Å². The second-order valence-corrected chi connectivity index (χ2v) is 12.3. The van der Waals surface area contributed by atoms with Gasteiger partial charge in [0.1, 0.15) is 0 Å². The highest BCUT2D eigenvalue weighted by atomic mass is 35.5. The maximum absolute atomic E-state index is 11.5. The summed E-state index contributed by atoms with van der Waals surface area (Å²) in [5, 5.41) is 5.05. The van der Waals surface area contributed by atoms with Crippen molar-refractivity contribution >= 4 is 37.0 Å². The van der Waals surface area contributed by atoms with E-state index in [2.05, 4.69) is 74.6 Å². The van der Waals surface area contributed by atoms with Crippen molar-refractivity contribution in [3.8, 4) is 0 Å². The van der Waals surface area contributed by atoms with Gasteiger partial charge in [-0.3, -0.25) is 4.79 Å². The molecule has 1 unspecified atom stereocenters. The van der Waals surface area contributed by atoms with E-state index in [1.54, 1.807) is 7.05 Å². The first-order chi connectivity index (χ1) is 12.8. The molecular formula is C22H33ClN2O2Si. The van der Waals surface area contributed by atoms with Crippen LogP contribution < -0.4 is 21.4 Å². The van der Waals surface area contributed by atoms with Crippen LogP contribution in [-0.4, -0.2) is 33.9 Å². The first-order valence-corrected chi connectivity index (χ1v) is 11.4. The molecule has 0 fully saturated rings. The normalized spacial score (nSPS) is 12.8. The first kappa shape index (κ1) is 24.4. The highest BCUT2D eigenvalue weighted by Crippen LogP contribution is 2.36. The molecule has 154 valence electrons.